The summed E-state index contributed by atoms with van der Waals surface area (Å²) >= 11 is 0. The molecule has 4 aliphatic carbocycles. The molecule has 3 saturated carbocycles. The van der Waals surface area contributed by atoms with Crippen LogP contribution in [0.25, 0.3) is 0 Å². The fraction of sp³-hybridized carbons (Fsp3) is 0.929. The summed E-state index contributed by atoms with van der Waals surface area (Å²) in [5.41, 5.74) is 3.20. The normalized spacial score (nSPS) is 47.9. The maximum absolute atomic E-state index is 10.3. The number of allylic oxidation sites excluding steroid dienone is 2. The first kappa shape index (κ1) is 21.9. The van der Waals surface area contributed by atoms with Crippen molar-refractivity contribution in [2.45, 2.75) is 118 Å². The van der Waals surface area contributed by atoms with Crippen molar-refractivity contribution >= 4 is 0 Å². The van der Waals surface area contributed by atoms with E-state index in [0.29, 0.717) is 22.2 Å². The number of aliphatic hydroxyl groups excluding tert-OH is 1. The molecule has 3 fully saturated rings. The van der Waals surface area contributed by atoms with Crippen molar-refractivity contribution in [3.63, 3.8) is 0 Å². The maximum Gasteiger partial charge on any atom is 0.0543 e. The molecule has 0 bridgehead atoms. The van der Waals surface area contributed by atoms with E-state index < -0.39 is 0 Å². The molecule has 0 aromatic carbocycles. The maximum atomic E-state index is 10.3. The molecule has 0 spiro atoms. The molecule has 8 atom stereocenters. The SMILES string of the molecule is CC(C)CCC[C@@H](C)[C@H]1CC[C@@]2(C)C3=CC[C@H]4C[C@@H](O)CC[C@]4(C)[C@H]3CC[C@]12C. The van der Waals surface area contributed by atoms with Crippen LogP contribution in [0.4, 0.5) is 0 Å². The Morgan fingerprint density at radius 1 is 1.00 bits per heavy atom. The first-order valence-electron chi connectivity index (χ1n) is 13.0. The van der Waals surface area contributed by atoms with Crippen molar-refractivity contribution < 1.29 is 5.11 Å². The highest BCUT2D eigenvalue weighted by molar-refractivity contribution is 5.32. The molecule has 0 radical (unpaired) electrons. The van der Waals surface area contributed by atoms with E-state index in [1.807, 2.05) is 5.57 Å². The van der Waals surface area contributed by atoms with Crippen LogP contribution in [0.5, 0.6) is 0 Å². The van der Waals surface area contributed by atoms with Crippen LogP contribution in [0.15, 0.2) is 11.6 Å². The van der Waals surface area contributed by atoms with E-state index in [1.165, 1.54) is 57.8 Å². The van der Waals surface area contributed by atoms with Gasteiger partial charge in [-0.25, -0.2) is 0 Å². The molecule has 0 saturated heterocycles. The van der Waals surface area contributed by atoms with Gasteiger partial charge in [-0.1, -0.05) is 72.5 Å². The Hall–Kier alpha value is -0.300. The third kappa shape index (κ3) is 3.37. The van der Waals surface area contributed by atoms with Crippen LogP contribution in [0.1, 0.15) is 112 Å². The van der Waals surface area contributed by atoms with Gasteiger partial charge in [-0.2, -0.15) is 0 Å². The van der Waals surface area contributed by atoms with Crippen LogP contribution in [0.3, 0.4) is 0 Å². The fourth-order valence-corrected chi connectivity index (χ4v) is 8.88. The quantitative estimate of drug-likeness (QED) is 0.467. The van der Waals surface area contributed by atoms with E-state index in [4.69, 9.17) is 0 Å². The number of fused-ring (bicyclic) bond motifs is 5. The van der Waals surface area contributed by atoms with Gasteiger partial charge in [-0.15, -0.1) is 0 Å². The van der Waals surface area contributed by atoms with Gasteiger partial charge < -0.3 is 5.11 Å². The van der Waals surface area contributed by atoms with Gasteiger partial charge in [0, 0.05) is 0 Å². The molecule has 4 aliphatic rings. The van der Waals surface area contributed by atoms with E-state index >= 15 is 0 Å². The van der Waals surface area contributed by atoms with E-state index in [2.05, 4.69) is 47.6 Å². The highest BCUT2D eigenvalue weighted by Crippen LogP contribution is 2.72. The van der Waals surface area contributed by atoms with E-state index in [-0.39, 0.29) is 6.10 Å². The Kier molecular flexibility index (Phi) is 5.81. The number of aliphatic hydroxyl groups is 1. The van der Waals surface area contributed by atoms with Crippen molar-refractivity contribution in [2.75, 3.05) is 0 Å². The van der Waals surface area contributed by atoms with Gasteiger partial charge in [-0.3, -0.25) is 0 Å². The number of hydrogen-bond acceptors (Lipinski definition) is 1. The monoisotopic (exact) mass is 400 g/mol. The summed E-state index contributed by atoms with van der Waals surface area (Å²) in [6, 6.07) is 0. The smallest absolute Gasteiger partial charge is 0.0543 e. The van der Waals surface area contributed by atoms with Crippen LogP contribution in [0, 0.1) is 45.8 Å². The summed E-state index contributed by atoms with van der Waals surface area (Å²) in [5, 5.41) is 10.3. The van der Waals surface area contributed by atoms with Crippen LogP contribution in [-0.4, -0.2) is 11.2 Å². The summed E-state index contributed by atoms with van der Waals surface area (Å²) in [7, 11) is 0. The summed E-state index contributed by atoms with van der Waals surface area (Å²) < 4.78 is 0. The lowest BCUT2D eigenvalue weighted by Crippen LogP contribution is -2.53. The molecule has 0 unspecified atom stereocenters. The standard InChI is InChI=1S/C28H48O/c1-19(2)8-7-9-20(3)23-13-16-28(6)25-11-10-21-18-22(29)12-15-26(21,4)24(25)14-17-27(23,28)5/h11,19-24,29H,7-10,12-18H2,1-6H3/t20-,21+,22+,23-,24+,26+,27-,28+/m1/s1. The number of hydrogen-bond donors (Lipinski definition) is 1. The minimum absolute atomic E-state index is 0.0463. The molecular formula is C28H48O. The van der Waals surface area contributed by atoms with E-state index in [0.717, 1.165) is 36.5 Å². The van der Waals surface area contributed by atoms with Gasteiger partial charge in [0.25, 0.3) is 0 Å². The molecule has 0 heterocycles. The molecular weight excluding hydrogens is 352 g/mol. The van der Waals surface area contributed by atoms with E-state index in [1.54, 1.807) is 0 Å². The number of rotatable bonds is 5. The van der Waals surface area contributed by atoms with Crippen molar-refractivity contribution in [2.24, 2.45) is 45.8 Å². The largest absolute Gasteiger partial charge is 0.393 e. The Morgan fingerprint density at radius 2 is 1.76 bits per heavy atom. The van der Waals surface area contributed by atoms with Crippen LogP contribution >= 0.6 is 0 Å². The first-order valence-corrected chi connectivity index (χ1v) is 13.0. The van der Waals surface area contributed by atoms with Gasteiger partial charge >= 0.3 is 0 Å². The first-order chi connectivity index (χ1) is 13.6. The van der Waals surface area contributed by atoms with Crippen molar-refractivity contribution in [3.05, 3.63) is 11.6 Å². The second-order valence-electron chi connectivity index (χ2n) is 12.8. The minimum Gasteiger partial charge on any atom is -0.393 e. The third-order valence-corrected chi connectivity index (χ3v) is 11.1. The van der Waals surface area contributed by atoms with Gasteiger partial charge in [0.15, 0.2) is 0 Å². The predicted molar refractivity (Wildman–Crippen MR) is 124 cm³/mol. The van der Waals surface area contributed by atoms with Crippen molar-refractivity contribution in [3.8, 4) is 0 Å². The lowest BCUT2D eigenvalue weighted by molar-refractivity contribution is -0.0628. The average molecular weight is 401 g/mol. The fourth-order valence-electron chi connectivity index (χ4n) is 8.88. The highest BCUT2D eigenvalue weighted by Gasteiger charge is 2.63. The van der Waals surface area contributed by atoms with Crippen LogP contribution in [-0.2, 0) is 0 Å². The second kappa shape index (κ2) is 7.68. The molecule has 0 aromatic heterocycles. The zero-order valence-corrected chi connectivity index (χ0v) is 20.3. The molecule has 1 nitrogen and oxygen atoms in total. The predicted octanol–water partition coefficient (Wildman–Crippen LogP) is 7.78. The molecule has 0 amide bonds. The van der Waals surface area contributed by atoms with Crippen LogP contribution in [0.2, 0.25) is 0 Å². The lowest BCUT2D eigenvalue weighted by atomic mass is 9.43. The molecule has 4 rings (SSSR count). The van der Waals surface area contributed by atoms with Gasteiger partial charge in [0.1, 0.15) is 0 Å². The van der Waals surface area contributed by atoms with Crippen molar-refractivity contribution in [1.29, 1.82) is 0 Å². The topological polar surface area (TPSA) is 20.2 Å². The highest BCUT2D eigenvalue weighted by atomic mass is 16.3. The molecule has 0 aliphatic heterocycles. The molecule has 29 heavy (non-hydrogen) atoms. The van der Waals surface area contributed by atoms with Gasteiger partial charge in [0.05, 0.1) is 6.10 Å². The van der Waals surface area contributed by atoms with Gasteiger partial charge in [0.2, 0.25) is 0 Å². The Morgan fingerprint density at radius 3 is 2.48 bits per heavy atom. The summed E-state index contributed by atoms with van der Waals surface area (Å²) in [6.07, 6.45) is 17.1. The summed E-state index contributed by atoms with van der Waals surface area (Å²) in [4.78, 5) is 0. The third-order valence-electron chi connectivity index (χ3n) is 11.1. The lowest BCUT2D eigenvalue weighted by Gasteiger charge is -2.61. The summed E-state index contributed by atoms with van der Waals surface area (Å²) in [6.45, 7) is 15.2. The van der Waals surface area contributed by atoms with Crippen LogP contribution < -0.4 is 0 Å². The Bertz CT molecular complexity index is 634. The Labute approximate surface area is 181 Å². The zero-order valence-electron chi connectivity index (χ0n) is 20.3. The summed E-state index contributed by atoms with van der Waals surface area (Å²) in [5.74, 6) is 4.11. The van der Waals surface area contributed by atoms with E-state index in [9.17, 15) is 5.11 Å². The molecule has 1 heteroatoms. The zero-order chi connectivity index (χ0) is 21.0. The molecule has 1 N–H and O–H groups in total. The Balaban J connectivity index is 1.56. The minimum atomic E-state index is -0.0463. The molecule has 0 aromatic rings. The van der Waals surface area contributed by atoms with Crippen molar-refractivity contribution in [1.82, 2.24) is 0 Å². The van der Waals surface area contributed by atoms with Gasteiger partial charge in [-0.05, 0) is 97.2 Å². The molecule has 166 valence electrons. The second-order valence-corrected chi connectivity index (χ2v) is 12.8. The average Bonchev–Trinajstić information content (AvgIpc) is 2.93.